The van der Waals surface area contributed by atoms with E-state index in [0.717, 1.165) is 58.3 Å². The summed E-state index contributed by atoms with van der Waals surface area (Å²) in [5, 5.41) is 136. The summed E-state index contributed by atoms with van der Waals surface area (Å²) in [7, 11) is 0. The first-order valence-corrected chi connectivity index (χ1v) is 33.4. The van der Waals surface area contributed by atoms with Crippen molar-refractivity contribution in [3.05, 3.63) is 0 Å². The number of hydrogen-bond acceptors (Lipinski definition) is 20. The monoisotopic (exact) mass is 1240 g/mol. The van der Waals surface area contributed by atoms with Gasteiger partial charge in [0.1, 0.15) is 67.1 Å². The zero-order chi connectivity index (χ0) is 63.3. The number of rotatable bonds is 50. The first-order valence-electron chi connectivity index (χ1n) is 33.4. The van der Waals surface area contributed by atoms with E-state index in [1.54, 1.807) is 0 Å². The Morgan fingerprint density at radius 3 is 1.45 bits per heavy atom. The van der Waals surface area contributed by atoms with Crippen LogP contribution < -0.4 is 10.6 Å². The molecule has 23 heteroatoms. The summed E-state index contributed by atoms with van der Waals surface area (Å²) in [6.45, 7) is 2.21. The van der Waals surface area contributed by atoms with Crippen LogP contribution >= 0.6 is 0 Å². The second-order valence-corrected chi connectivity index (χ2v) is 24.7. The summed E-state index contributed by atoms with van der Waals surface area (Å²) in [5.41, 5.74) is 0. The number of carbonyl (C=O) groups is 3. The second-order valence-electron chi connectivity index (χ2n) is 24.7. The van der Waals surface area contributed by atoms with E-state index < -0.39 is 148 Å². The smallest absolute Gasteiger partial charge is 0.364 e. The average Bonchev–Trinajstić information content (AvgIpc) is 1.40. The summed E-state index contributed by atoms with van der Waals surface area (Å²) in [5.74, 6) is -6.09. The van der Waals surface area contributed by atoms with Crippen molar-refractivity contribution in [3.63, 3.8) is 0 Å². The molecule has 0 aromatic rings. The maximum absolute atomic E-state index is 13.4. The fraction of sp³-hybridized carbons (Fsp3) is 0.952. The molecule has 0 aliphatic carbocycles. The van der Waals surface area contributed by atoms with Gasteiger partial charge in [0.15, 0.2) is 12.6 Å². The molecular weight excluding hydrogens is 1120 g/mol. The lowest BCUT2D eigenvalue weighted by atomic mass is 9.88. The maximum Gasteiger partial charge on any atom is 0.364 e. The van der Waals surface area contributed by atoms with Crippen LogP contribution in [0.25, 0.3) is 0 Å². The van der Waals surface area contributed by atoms with Gasteiger partial charge in [-0.05, 0) is 12.8 Å². The third kappa shape index (κ3) is 28.1. The number of aliphatic hydroxyl groups is 11. The minimum absolute atomic E-state index is 0.229. The Balaban J connectivity index is 1.62. The van der Waals surface area contributed by atoms with Gasteiger partial charge in [-0.25, -0.2) is 4.79 Å². The van der Waals surface area contributed by atoms with Crippen LogP contribution in [0, 0.1) is 0 Å². The lowest BCUT2D eigenvalue weighted by Crippen LogP contribution is -2.70. The Labute approximate surface area is 512 Å². The molecule has 3 heterocycles. The number of hydrogen-bond donors (Lipinski definition) is 14. The zero-order valence-electron chi connectivity index (χ0n) is 52.4. The number of carboxylic acid groups (broad SMARTS) is 1. The van der Waals surface area contributed by atoms with Crippen molar-refractivity contribution in [1.29, 1.82) is 0 Å². The molecule has 18 unspecified atom stereocenters. The van der Waals surface area contributed by atoms with Crippen LogP contribution in [0.2, 0.25) is 0 Å². The Kier molecular flexibility index (Phi) is 40.9. The Hall–Kier alpha value is -2.27. The highest BCUT2D eigenvalue weighted by atomic mass is 16.8. The van der Waals surface area contributed by atoms with Gasteiger partial charge in [0.05, 0.1) is 50.7 Å². The summed E-state index contributed by atoms with van der Waals surface area (Å²) in [6, 6.07) is -2.52. The summed E-state index contributed by atoms with van der Waals surface area (Å²) < 4.78 is 34.8. The fourth-order valence-electron chi connectivity index (χ4n) is 11.9. The first kappa shape index (κ1) is 78.0. The number of unbranched alkanes of at least 4 members (excludes halogenated alkanes) is 30. The van der Waals surface area contributed by atoms with Crippen molar-refractivity contribution >= 4 is 17.8 Å². The Morgan fingerprint density at radius 2 is 1.01 bits per heavy atom. The van der Waals surface area contributed by atoms with Crippen molar-refractivity contribution in [2.45, 2.75) is 355 Å². The number of carboxylic acids is 1. The topological polar surface area (TPSA) is 373 Å². The van der Waals surface area contributed by atoms with Crippen molar-refractivity contribution in [1.82, 2.24) is 10.6 Å². The van der Waals surface area contributed by atoms with Gasteiger partial charge < -0.3 is 100 Å². The minimum Gasteiger partial charge on any atom is -0.477 e. The van der Waals surface area contributed by atoms with E-state index in [0.29, 0.717) is 19.3 Å². The predicted octanol–water partition coefficient (Wildman–Crippen LogP) is 4.95. The minimum atomic E-state index is -3.08. The average molecular weight is 1240 g/mol. The van der Waals surface area contributed by atoms with E-state index in [9.17, 15) is 75.7 Å². The number of amides is 2. The van der Waals surface area contributed by atoms with E-state index in [4.69, 9.17) is 28.4 Å². The van der Waals surface area contributed by atoms with Crippen molar-refractivity contribution in [3.8, 4) is 0 Å². The molecule has 3 saturated heterocycles. The van der Waals surface area contributed by atoms with Crippen LogP contribution in [0.5, 0.6) is 0 Å². The standard InChI is InChI=1S/C63H118N2O21/c1-4-6-8-10-12-14-16-18-20-21-23-24-26-28-30-32-34-36-45(70)44(65-50(73)37-35-33-31-29-27-25-22-19-17-15-13-11-9-7-5-2)42-81-60-55(77)54(76)57(49(41-68)83-60)84-61-56(78)59(53(75)48(40-67)82-61)86-63(62(79)80)38-46(71)51(64-43(3)69)58(85-63)52(74)47(72)39-66/h44-49,51-61,66-68,70-72,74-78H,4-42H2,1-3H3,(H,64,69)(H,65,73)(H,79,80). The molecule has 0 spiro atoms. The van der Waals surface area contributed by atoms with Crippen LogP contribution in [-0.2, 0) is 42.8 Å². The Bertz CT molecular complexity index is 1760. The van der Waals surface area contributed by atoms with Crippen molar-refractivity contribution < 1.29 is 104 Å². The van der Waals surface area contributed by atoms with E-state index in [1.165, 1.54) is 141 Å². The largest absolute Gasteiger partial charge is 0.477 e. The lowest BCUT2D eigenvalue weighted by Gasteiger charge is -2.50. The van der Waals surface area contributed by atoms with Gasteiger partial charge >= 0.3 is 5.97 Å². The van der Waals surface area contributed by atoms with Crippen molar-refractivity contribution in [2.24, 2.45) is 0 Å². The maximum atomic E-state index is 13.4. The van der Waals surface area contributed by atoms with Gasteiger partial charge in [-0.1, -0.05) is 213 Å². The highest BCUT2D eigenvalue weighted by Gasteiger charge is 2.60. The number of ether oxygens (including phenoxy) is 6. The molecule has 0 bridgehead atoms. The van der Waals surface area contributed by atoms with Gasteiger partial charge in [-0.3, -0.25) is 9.59 Å². The van der Waals surface area contributed by atoms with Crippen LogP contribution in [-0.4, -0.2) is 215 Å². The van der Waals surface area contributed by atoms with Crippen LogP contribution in [0.15, 0.2) is 0 Å². The van der Waals surface area contributed by atoms with Crippen LogP contribution in [0.1, 0.15) is 245 Å². The van der Waals surface area contributed by atoms with Crippen LogP contribution in [0.3, 0.4) is 0 Å². The van der Waals surface area contributed by atoms with E-state index in [2.05, 4.69) is 24.5 Å². The lowest BCUT2D eigenvalue weighted by molar-refractivity contribution is -0.386. The third-order valence-electron chi connectivity index (χ3n) is 17.3. The molecule has 18 atom stereocenters. The molecular formula is C63H118N2O21. The van der Waals surface area contributed by atoms with Crippen LogP contribution in [0.4, 0.5) is 0 Å². The molecule has 3 aliphatic rings. The molecule has 0 radical (unpaired) electrons. The fourth-order valence-corrected chi connectivity index (χ4v) is 11.9. The normalized spacial score (nSPS) is 29.3. The van der Waals surface area contributed by atoms with E-state index >= 15 is 0 Å². The molecule has 0 aromatic heterocycles. The number of carbonyl (C=O) groups excluding carboxylic acids is 2. The zero-order valence-corrected chi connectivity index (χ0v) is 52.4. The Morgan fingerprint density at radius 1 is 0.558 bits per heavy atom. The second kappa shape index (κ2) is 45.1. The first-order chi connectivity index (χ1) is 41.4. The molecule has 2 amide bonds. The van der Waals surface area contributed by atoms with Gasteiger partial charge in [-0.15, -0.1) is 0 Å². The molecule has 3 fully saturated rings. The van der Waals surface area contributed by atoms with Gasteiger partial charge in [0.2, 0.25) is 11.8 Å². The summed E-state index contributed by atoms with van der Waals surface area (Å²) in [6.07, 6.45) is 9.63. The quantitative estimate of drug-likeness (QED) is 0.0358. The summed E-state index contributed by atoms with van der Waals surface area (Å²) >= 11 is 0. The van der Waals surface area contributed by atoms with Gasteiger partial charge in [-0.2, -0.15) is 0 Å². The molecule has 0 aromatic carbocycles. The highest BCUT2D eigenvalue weighted by Crippen LogP contribution is 2.39. The SMILES string of the molecule is CCCCCCCCCCCCCCCCCCCC(O)C(COC1OC(CO)C(OC2OC(CO)C(O)C(OC3(C(=O)O)CC(O)C(NC(C)=O)C(C(O)C(O)CO)O3)C2O)C(O)C1O)NC(=O)CCCCCCCCCCCCCCCCC. The summed E-state index contributed by atoms with van der Waals surface area (Å²) in [4.78, 5) is 38.5. The highest BCUT2D eigenvalue weighted by molar-refractivity contribution is 5.77. The molecule has 3 rings (SSSR count). The molecule has 14 N–H and O–H groups in total. The number of aliphatic hydroxyl groups excluding tert-OH is 11. The van der Waals surface area contributed by atoms with E-state index in [1.807, 2.05) is 0 Å². The third-order valence-corrected chi connectivity index (χ3v) is 17.3. The predicted molar refractivity (Wildman–Crippen MR) is 320 cm³/mol. The number of aliphatic carboxylic acids is 1. The molecule has 23 nitrogen and oxygen atoms in total. The van der Waals surface area contributed by atoms with Crippen molar-refractivity contribution in [2.75, 3.05) is 26.4 Å². The van der Waals surface area contributed by atoms with Gasteiger partial charge in [0, 0.05) is 19.8 Å². The molecule has 86 heavy (non-hydrogen) atoms. The van der Waals surface area contributed by atoms with Gasteiger partial charge in [0.25, 0.3) is 5.79 Å². The number of nitrogens with one attached hydrogen (secondary N) is 2. The molecule has 506 valence electrons. The molecule has 3 aliphatic heterocycles. The molecule has 0 saturated carbocycles. The van der Waals surface area contributed by atoms with E-state index in [-0.39, 0.29) is 18.9 Å².